The Morgan fingerprint density at radius 2 is 1.60 bits per heavy atom. The Balaban J connectivity index is 2.38. The molecule has 8 heteroatoms. The largest absolute Gasteiger partial charge is 0.514 e. The molecule has 1 aromatic heterocycles. The van der Waals surface area contributed by atoms with E-state index in [0.717, 1.165) is 12.1 Å². The van der Waals surface area contributed by atoms with E-state index in [0.29, 0.717) is 0 Å². The van der Waals surface area contributed by atoms with Gasteiger partial charge in [0.05, 0.1) is 22.4 Å². The summed E-state index contributed by atoms with van der Waals surface area (Å²) in [7, 11) is -0.972. The van der Waals surface area contributed by atoms with Crippen LogP contribution in [-0.2, 0) is 15.5 Å². The van der Waals surface area contributed by atoms with E-state index < -0.39 is 30.1 Å². The standard InChI is InChI=1S/C12H14BClF3NO2/c1-10(2)11(3,4)20-13(19-10)8-5-7(12(15,16)17)6-9(14)18-8/h5-6H,1-4H3. The summed E-state index contributed by atoms with van der Waals surface area (Å²) in [5, 5.41) is -0.246. The van der Waals surface area contributed by atoms with Crippen LogP contribution < -0.4 is 5.59 Å². The Hall–Kier alpha value is -0.785. The Labute approximate surface area is 120 Å². The van der Waals surface area contributed by atoms with Crippen molar-refractivity contribution in [2.24, 2.45) is 0 Å². The van der Waals surface area contributed by atoms with Crippen molar-refractivity contribution in [3.63, 3.8) is 0 Å². The molecule has 0 aromatic carbocycles. The molecular weight excluding hydrogens is 293 g/mol. The van der Waals surface area contributed by atoms with Crippen LogP contribution in [0.5, 0.6) is 0 Å². The van der Waals surface area contributed by atoms with Gasteiger partial charge in [-0.2, -0.15) is 13.2 Å². The van der Waals surface area contributed by atoms with Gasteiger partial charge in [-0.1, -0.05) is 11.6 Å². The number of hydrogen-bond acceptors (Lipinski definition) is 3. The molecule has 2 heterocycles. The highest BCUT2D eigenvalue weighted by Gasteiger charge is 2.52. The summed E-state index contributed by atoms with van der Waals surface area (Å²) in [6.07, 6.45) is -4.50. The van der Waals surface area contributed by atoms with Crippen molar-refractivity contribution < 1.29 is 22.5 Å². The maximum absolute atomic E-state index is 12.8. The van der Waals surface area contributed by atoms with Crippen molar-refractivity contribution in [2.45, 2.75) is 45.1 Å². The summed E-state index contributed by atoms with van der Waals surface area (Å²) in [6.45, 7) is 7.23. The third kappa shape index (κ3) is 2.80. The molecule has 0 aliphatic carbocycles. The van der Waals surface area contributed by atoms with Crippen LogP contribution in [0.4, 0.5) is 13.2 Å². The van der Waals surface area contributed by atoms with Gasteiger partial charge in [0, 0.05) is 0 Å². The molecule has 0 amide bonds. The fraction of sp³-hybridized carbons (Fsp3) is 0.583. The molecule has 0 atom stereocenters. The fourth-order valence-electron chi connectivity index (χ4n) is 1.77. The van der Waals surface area contributed by atoms with E-state index in [1.165, 1.54) is 0 Å². The summed E-state index contributed by atoms with van der Waals surface area (Å²) in [4.78, 5) is 3.88. The molecule has 1 aliphatic heterocycles. The molecule has 0 spiro atoms. The van der Waals surface area contributed by atoms with Gasteiger partial charge in [-0.3, -0.25) is 0 Å². The first kappa shape index (κ1) is 15.6. The average Bonchev–Trinajstić information content (AvgIpc) is 2.46. The first-order valence-electron chi connectivity index (χ1n) is 6.03. The van der Waals surface area contributed by atoms with E-state index in [-0.39, 0.29) is 10.7 Å². The van der Waals surface area contributed by atoms with Crippen LogP contribution in [0.1, 0.15) is 33.3 Å². The Kier molecular flexibility index (Phi) is 3.60. The van der Waals surface area contributed by atoms with Crippen molar-refractivity contribution in [3.8, 4) is 0 Å². The van der Waals surface area contributed by atoms with Crippen LogP contribution in [0.25, 0.3) is 0 Å². The Morgan fingerprint density at radius 1 is 1.10 bits per heavy atom. The van der Waals surface area contributed by atoms with Gasteiger partial charge in [0.15, 0.2) is 0 Å². The van der Waals surface area contributed by atoms with Gasteiger partial charge in [0.1, 0.15) is 5.15 Å². The van der Waals surface area contributed by atoms with Crippen LogP contribution >= 0.6 is 11.6 Å². The summed E-state index contributed by atoms with van der Waals surface area (Å²) in [5.41, 5.74) is -2.16. The number of rotatable bonds is 1. The average molecular weight is 308 g/mol. The molecule has 3 nitrogen and oxygen atoms in total. The van der Waals surface area contributed by atoms with Gasteiger partial charge < -0.3 is 9.31 Å². The van der Waals surface area contributed by atoms with Crippen molar-refractivity contribution in [3.05, 3.63) is 22.8 Å². The third-order valence-corrected chi connectivity index (χ3v) is 3.83. The molecule has 0 unspecified atom stereocenters. The molecule has 0 saturated carbocycles. The number of aromatic nitrogens is 1. The van der Waals surface area contributed by atoms with Crippen LogP contribution in [0.15, 0.2) is 12.1 Å². The molecule has 1 fully saturated rings. The molecule has 1 saturated heterocycles. The Bertz CT molecular complexity index is 518. The van der Waals surface area contributed by atoms with E-state index >= 15 is 0 Å². The molecule has 1 aromatic rings. The summed E-state index contributed by atoms with van der Waals surface area (Å²) < 4.78 is 49.6. The molecule has 2 rings (SSSR count). The molecule has 110 valence electrons. The monoisotopic (exact) mass is 307 g/mol. The highest BCUT2D eigenvalue weighted by molar-refractivity contribution is 6.61. The SMILES string of the molecule is CC1(C)OB(c2cc(C(F)(F)F)cc(Cl)n2)OC1(C)C. The first-order valence-corrected chi connectivity index (χ1v) is 6.40. The Morgan fingerprint density at radius 3 is 2.05 bits per heavy atom. The van der Waals surface area contributed by atoms with Gasteiger partial charge in [-0.25, -0.2) is 4.98 Å². The van der Waals surface area contributed by atoms with Crippen LogP contribution in [0.2, 0.25) is 5.15 Å². The first-order chi connectivity index (χ1) is 8.92. The molecule has 20 heavy (non-hydrogen) atoms. The highest BCUT2D eigenvalue weighted by atomic mass is 35.5. The zero-order valence-electron chi connectivity index (χ0n) is 11.5. The van der Waals surface area contributed by atoms with E-state index in [9.17, 15) is 13.2 Å². The number of nitrogens with zero attached hydrogens (tertiary/aromatic N) is 1. The lowest BCUT2D eigenvalue weighted by Crippen LogP contribution is -2.41. The second-order valence-corrected chi connectivity index (χ2v) is 6.08. The molecule has 0 N–H and O–H groups in total. The van der Waals surface area contributed by atoms with E-state index in [4.69, 9.17) is 20.9 Å². The lowest BCUT2D eigenvalue weighted by atomic mass is 9.83. The topological polar surface area (TPSA) is 31.4 Å². The minimum absolute atomic E-state index is 0.0171. The van der Waals surface area contributed by atoms with Gasteiger partial charge >= 0.3 is 13.3 Å². The third-order valence-electron chi connectivity index (χ3n) is 3.64. The van der Waals surface area contributed by atoms with E-state index in [1.54, 1.807) is 0 Å². The van der Waals surface area contributed by atoms with Crippen molar-refractivity contribution in [1.82, 2.24) is 4.98 Å². The molecular formula is C12H14BClF3NO2. The minimum Gasteiger partial charge on any atom is -0.398 e. The summed E-state index contributed by atoms with van der Waals surface area (Å²) >= 11 is 5.65. The maximum atomic E-state index is 12.8. The zero-order chi connectivity index (χ0) is 15.3. The second kappa shape index (κ2) is 4.61. The molecule has 0 radical (unpaired) electrons. The fourth-order valence-corrected chi connectivity index (χ4v) is 1.98. The lowest BCUT2D eigenvalue weighted by Gasteiger charge is -2.32. The number of pyridine rings is 1. The van der Waals surface area contributed by atoms with Crippen LogP contribution in [0, 0.1) is 0 Å². The summed E-state index contributed by atoms with van der Waals surface area (Å²) in [5.74, 6) is 0. The zero-order valence-corrected chi connectivity index (χ0v) is 12.3. The van der Waals surface area contributed by atoms with E-state index in [1.807, 2.05) is 27.7 Å². The number of alkyl halides is 3. The van der Waals surface area contributed by atoms with Crippen molar-refractivity contribution >= 4 is 24.3 Å². The normalized spacial score (nSPS) is 21.3. The molecule has 1 aliphatic rings. The van der Waals surface area contributed by atoms with Gasteiger partial charge in [-0.05, 0) is 39.8 Å². The van der Waals surface area contributed by atoms with Crippen LogP contribution in [-0.4, -0.2) is 23.3 Å². The van der Waals surface area contributed by atoms with Crippen molar-refractivity contribution in [1.29, 1.82) is 0 Å². The maximum Gasteiger partial charge on any atom is 0.514 e. The number of halogens is 4. The van der Waals surface area contributed by atoms with E-state index in [2.05, 4.69) is 4.98 Å². The summed E-state index contributed by atoms with van der Waals surface area (Å²) in [6, 6.07) is 1.67. The highest BCUT2D eigenvalue weighted by Crippen LogP contribution is 2.37. The van der Waals surface area contributed by atoms with Gasteiger partial charge in [0.2, 0.25) is 0 Å². The predicted octanol–water partition coefficient (Wildman–Crippen LogP) is 3.05. The minimum atomic E-state index is -4.50. The van der Waals surface area contributed by atoms with Gasteiger partial charge in [-0.15, -0.1) is 0 Å². The van der Waals surface area contributed by atoms with Crippen molar-refractivity contribution in [2.75, 3.05) is 0 Å². The van der Waals surface area contributed by atoms with Crippen LogP contribution in [0.3, 0.4) is 0 Å². The molecule has 0 bridgehead atoms. The van der Waals surface area contributed by atoms with Gasteiger partial charge in [0.25, 0.3) is 0 Å². The lowest BCUT2D eigenvalue weighted by molar-refractivity contribution is -0.137. The smallest absolute Gasteiger partial charge is 0.398 e. The quantitative estimate of drug-likeness (QED) is 0.590. The number of hydrogen-bond donors (Lipinski definition) is 0. The second-order valence-electron chi connectivity index (χ2n) is 5.69. The predicted molar refractivity (Wildman–Crippen MR) is 70.0 cm³/mol.